The first-order valence-electron chi connectivity index (χ1n) is 12.2. The Morgan fingerprint density at radius 1 is 1.06 bits per heavy atom. The molecule has 34 heavy (non-hydrogen) atoms. The number of hydrogen-bond donors (Lipinski definition) is 2. The Kier molecular flexibility index (Phi) is 6.45. The van der Waals surface area contributed by atoms with Crippen molar-refractivity contribution < 1.29 is 9.59 Å². The van der Waals surface area contributed by atoms with E-state index in [1.807, 2.05) is 43.4 Å². The number of hydrogen-bond acceptors (Lipinski definition) is 3. The monoisotopic (exact) mass is 453 g/mol. The van der Waals surface area contributed by atoms with Crippen LogP contribution in [0.2, 0.25) is 0 Å². The molecule has 1 fully saturated rings. The van der Waals surface area contributed by atoms with Gasteiger partial charge in [-0.2, -0.15) is 0 Å². The highest BCUT2D eigenvalue weighted by Crippen LogP contribution is 2.28. The molecule has 3 aliphatic rings. The molecule has 1 atom stereocenters. The second kappa shape index (κ2) is 9.82. The maximum absolute atomic E-state index is 13.2. The molecule has 1 aliphatic carbocycles. The summed E-state index contributed by atoms with van der Waals surface area (Å²) in [5.74, 6) is -0.162. The van der Waals surface area contributed by atoms with Crippen LogP contribution in [-0.4, -0.2) is 35.8 Å². The van der Waals surface area contributed by atoms with Crippen LogP contribution in [-0.2, 0) is 11.3 Å². The summed E-state index contributed by atoms with van der Waals surface area (Å²) in [5.41, 5.74) is 6.79. The molecule has 1 unspecified atom stereocenters. The summed E-state index contributed by atoms with van der Waals surface area (Å²) >= 11 is 0. The first kappa shape index (κ1) is 22.4. The molecular weight excluding hydrogens is 422 g/mol. The first-order valence-corrected chi connectivity index (χ1v) is 12.2. The number of nitrogens with one attached hydrogen (secondary N) is 2. The molecule has 2 amide bonds. The van der Waals surface area contributed by atoms with Crippen molar-refractivity contribution in [1.82, 2.24) is 15.5 Å². The Labute approximate surface area is 201 Å². The lowest BCUT2D eigenvalue weighted by Gasteiger charge is -2.29. The summed E-state index contributed by atoms with van der Waals surface area (Å²) in [6, 6.07) is 16.3. The zero-order chi connectivity index (χ0) is 23.5. The summed E-state index contributed by atoms with van der Waals surface area (Å²) in [6.45, 7) is 4.87. The van der Waals surface area contributed by atoms with Crippen LogP contribution < -0.4 is 10.6 Å². The van der Waals surface area contributed by atoms with Crippen molar-refractivity contribution in [3.8, 4) is 11.1 Å². The van der Waals surface area contributed by atoms with Gasteiger partial charge in [0.2, 0.25) is 5.91 Å². The number of piperidine rings is 1. The van der Waals surface area contributed by atoms with E-state index >= 15 is 0 Å². The lowest BCUT2D eigenvalue weighted by Crippen LogP contribution is -2.42. The van der Waals surface area contributed by atoms with E-state index in [1.165, 1.54) is 36.0 Å². The van der Waals surface area contributed by atoms with Crippen molar-refractivity contribution >= 4 is 11.8 Å². The highest BCUT2D eigenvalue weighted by Gasteiger charge is 2.26. The summed E-state index contributed by atoms with van der Waals surface area (Å²) < 4.78 is 0. The molecule has 0 radical (unpaired) electrons. The molecule has 5 nitrogen and oxygen atoms in total. The topological polar surface area (TPSA) is 61.4 Å². The minimum absolute atomic E-state index is 0.0476. The Bertz CT molecular complexity index is 1190. The number of rotatable bonds is 5. The quantitative estimate of drug-likeness (QED) is 0.688. The summed E-state index contributed by atoms with van der Waals surface area (Å²) in [4.78, 5) is 27.7. The van der Waals surface area contributed by atoms with Gasteiger partial charge >= 0.3 is 0 Å². The van der Waals surface area contributed by atoms with Crippen LogP contribution in [0.25, 0.3) is 11.1 Å². The van der Waals surface area contributed by atoms with Crippen molar-refractivity contribution in [1.29, 1.82) is 0 Å². The van der Waals surface area contributed by atoms with Crippen LogP contribution in [0.5, 0.6) is 0 Å². The normalized spacial score (nSPS) is 20.4. The van der Waals surface area contributed by atoms with Gasteiger partial charge in [0.1, 0.15) is 0 Å². The SMILES string of the molecule is CC1=CC2=CC=C(NC(=O)c3ccc(-c4ccccc4)c(CN4CCCCC4)c3)CC2NC1=O. The molecular formula is C29H31N3O2. The lowest BCUT2D eigenvalue weighted by atomic mass is 9.91. The Morgan fingerprint density at radius 3 is 2.65 bits per heavy atom. The van der Waals surface area contributed by atoms with Crippen molar-refractivity contribution in [2.75, 3.05) is 13.1 Å². The van der Waals surface area contributed by atoms with Crippen LogP contribution in [0.4, 0.5) is 0 Å². The molecule has 0 spiro atoms. The fourth-order valence-electron chi connectivity index (χ4n) is 5.02. The van der Waals surface area contributed by atoms with Crippen LogP contribution in [0.15, 0.2) is 83.6 Å². The number of amides is 2. The standard InChI is InChI=1S/C29H31N3O2/c1-20-16-22-10-12-25(18-27(22)31-28(20)33)30-29(34)23-11-13-26(21-8-4-2-5-9-21)24(17-23)19-32-14-6-3-7-15-32/h2,4-5,8-13,16-17,27H,3,6-7,14-15,18-19H2,1H3,(H,30,34)(H,31,33). The third-order valence-electron chi connectivity index (χ3n) is 6.92. The molecule has 1 saturated heterocycles. The third kappa shape index (κ3) is 4.90. The van der Waals surface area contributed by atoms with Crippen molar-refractivity contribution in [3.63, 3.8) is 0 Å². The van der Waals surface area contributed by atoms with E-state index in [0.717, 1.165) is 30.9 Å². The van der Waals surface area contributed by atoms with Gasteiger partial charge in [-0.15, -0.1) is 0 Å². The molecule has 5 heteroatoms. The molecule has 5 rings (SSSR count). The summed E-state index contributed by atoms with van der Waals surface area (Å²) in [6.07, 6.45) is 10.2. The predicted molar refractivity (Wildman–Crippen MR) is 135 cm³/mol. The van der Waals surface area contributed by atoms with E-state index in [1.54, 1.807) is 0 Å². The van der Waals surface area contributed by atoms with Gasteiger partial charge in [-0.05, 0) is 79.4 Å². The number of benzene rings is 2. The van der Waals surface area contributed by atoms with E-state index in [2.05, 4.69) is 45.9 Å². The average Bonchev–Trinajstić information content (AvgIpc) is 2.86. The Balaban J connectivity index is 1.37. The van der Waals surface area contributed by atoms with Gasteiger partial charge in [0.25, 0.3) is 5.91 Å². The largest absolute Gasteiger partial charge is 0.345 e. The third-order valence-corrected chi connectivity index (χ3v) is 6.92. The van der Waals surface area contributed by atoms with Gasteiger partial charge < -0.3 is 10.6 Å². The molecule has 174 valence electrons. The maximum atomic E-state index is 13.2. The van der Waals surface area contributed by atoms with Crippen LogP contribution in [0, 0.1) is 0 Å². The first-order chi connectivity index (χ1) is 16.6. The van der Waals surface area contributed by atoms with E-state index in [4.69, 9.17) is 0 Å². The van der Waals surface area contributed by atoms with Gasteiger partial charge in [0.05, 0.1) is 6.04 Å². The highest BCUT2D eigenvalue weighted by molar-refractivity contribution is 5.97. The minimum atomic E-state index is -0.114. The second-order valence-corrected chi connectivity index (χ2v) is 9.44. The highest BCUT2D eigenvalue weighted by atomic mass is 16.2. The zero-order valence-corrected chi connectivity index (χ0v) is 19.6. The summed E-state index contributed by atoms with van der Waals surface area (Å²) in [7, 11) is 0. The average molecular weight is 454 g/mol. The van der Waals surface area contributed by atoms with Crippen molar-refractivity contribution in [2.45, 2.75) is 45.2 Å². The number of carbonyl (C=O) groups is 2. The van der Waals surface area contributed by atoms with Crippen LogP contribution in [0.3, 0.4) is 0 Å². The number of likely N-dealkylation sites (tertiary alicyclic amines) is 1. The van der Waals surface area contributed by atoms with E-state index < -0.39 is 0 Å². The molecule has 2 aliphatic heterocycles. The molecule has 2 heterocycles. The Morgan fingerprint density at radius 2 is 1.85 bits per heavy atom. The van der Waals surface area contributed by atoms with Crippen LogP contribution in [0.1, 0.15) is 48.5 Å². The molecule has 0 bridgehead atoms. The van der Waals surface area contributed by atoms with Gasteiger partial charge in [-0.25, -0.2) is 0 Å². The maximum Gasteiger partial charge on any atom is 0.255 e. The fraction of sp³-hybridized carbons (Fsp3) is 0.310. The van der Waals surface area contributed by atoms with E-state index in [9.17, 15) is 9.59 Å². The van der Waals surface area contributed by atoms with Gasteiger partial charge in [0.15, 0.2) is 0 Å². The number of fused-ring (bicyclic) bond motifs is 1. The van der Waals surface area contributed by atoms with Crippen LogP contribution >= 0.6 is 0 Å². The predicted octanol–water partition coefficient (Wildman–Crippen LogP) is 4.73. The van der Waals surface area contributed by atoms with Gasteiger partial charge in [-0.3, -0.25) is 14.5 Å². The minimum Gasteiger partial charge on any atom is -0.345 e. The molecule has 0 aromatic heterocycles. The smallest absolute Gasteiger partial charge is 0.255 e. The lowest BCUT2D eigenvalue weighted by molar-refractivity contribution is -0.118. The van der Waals surface area contributed by atoms with Crippen molar-refractivity contribution in [3.05, 3.63) is 94.7 Å². The van der Waals surface area contributed by atoms with E-state index in [0.29, 0.717) is 17.6 Å². The van der Waals surface area contributed by atoms with Crippen molar-refractivity contribution in [2.24, 2.45) is 0 Å². The number of carbonyl (C=O) groups excluding carboxylic acids is 2. The molecule has 2 aromatic carbocycles. The summed E-state index contributed by atoms with van der Waals surface area (Å²) in [5, 5.41) is 6.09. The number of allylic oxidation sites excluding steroid dienone is 2. The Hall–Kier alpha value is -3.44. The molecule has 2 aromatic rings. The molecule has 2 N–H and O–H groups in total. The second-order valence-electron chi connectivity index (χ2n) is 9.44. The fourth-order valence-corrected chi connectivity index (χ4v) is 5.02. The molecule has 0 saturated carbocycles. The van der Waals surface area contributed by atoms with E-state index in [-0.39, 0.29) is 17.9 Å². The van der Waals surface area contributed by atoms with Gasteiger partial charge in [-0.1, -0.05) is 48.9 Å². The number of nitrogens with zero attached hydrogens (tertiary/aromatic N) is 1. The van der Waals surface area contributed by atoms with Gasteiger partial charge in [0, 0.05) is 29.8 Å². The zero-order valence-electron chi connectivity index (χ0n) is 19.6.